The Morgan fingerprint density at radius 1 is 1.26 bits per heavy atom. The Morgan fingerprint density at radius 3 is 2.89 bits per heavy atom. The van der Waals surface area contributed by atoms with Crippen LogP contribution in [0.5, 0.6) is 5.75 Å². The number of methoxy groups -OCH3 is 1. The number of benzene rings is 1. The topological polar surface area (TPSA) is 67.3 Å². The Bertz CT molecular complexity index is 840. The number of ether oxygens (including phenoxy) is 1. The highest BCUT2D eigenvalue weighted by Crippen LogP contribution is 2.39. The highest BCUT2D eigenvalue weighted by atomic mass is 35.5. The van der Waals surface area contributed by atoms with Crippen molar-refractivity contribution in [2.24, 2.45) is 5.92 Å². The molecule has 2 heterocycles. The molecule has 1 N–H and O–H groups in total. The van der Waals surface area contributed by atoms with E-state index in [1.165, 1.54) is 12.8 Å². The summed E-state index contributed by atoms with van der Waals surface area (Å²) in [6.45, 7) is 1.56. The maximum absolute atomic E-state index is 12.8. The molecule has 142 valence electrons. The van der Waals surface area contributed by atoms with Crippen LogP contribution in [0.4, 0.5) is 11.5 Å². The van der Waals surface area contributed by atoms with E-state index in [0.29, 0.717) is 28.9 Å². The van der Waals surface area contributed by atoms with E-state index in [0.717, 1.165) is 30.9 Å². The molecule has 7 heteroatoms. The molecule has 1 aliphatic heterocycles. The number of rotatable bonds is 5. The van der Waals surface area contributed by atoms with Crippen molar-refractivity contribution in [3.05, 3.63) is 41.3 Å². The third kappa shape index (κ3) is 4.16. The second kappa shape index (κ2) is 7.72. The van der Waals surface area contributed by atoms with Crippen LogP contribution < -0.4 is 15.0 Å². The molecule has 6 nitrogen and oxygen atoms in total. The van der Waals surface area contributed by atoms with Crippen molar-refractivity contribution in [3.63, 3.8) is 0 Å². The Balaban J connectivity index is 1.45. The number of hydrogen-bond acceptors (Lipinski definition) is 5. The summed E-state index contributed by atoms with van der Waals surface area (Å²) in [5.74, 6) is 1.99. The fourth-order valence-corrected chi connectivity index (χ4v) is 3.72. The second-order valence-corrected chi connectivity index (χ2v) is 7.63. The molecule has 1 atom stereocenters. The van der Waals surface area contributed by atoms with Crippen molar-refractivity contribution in [2.45, 2.75) is 31.6 Å². The molecule has 2 aliphatic rings. The van der Waals surface area contributed by atoms with Crippen LogP contribution >= 0.6 is 11.6 Å². The van der Waals surface area contributed by atoms with Gasteiger partial charge in [0.2, 0.25) is 5.91 Å². The van der Waals surface area contributed by atoms with Crippen LogP contribution in [-0.4, -0.2) is 36.1 Å². The number of anilines is 2. The number of hydrogen-bond donors (Lipinski definition) is 1. The molecule has 0 radical (unpaired) electrons. The van der Waals surface area contributed by atoms with Crippen molar-refractivity contribution in [1.82, 2.24) is 9.97 Å². The molecule has 1 saturated heterocycles. The summed E-state index contributed by atoms with van der Waals surface area (Å²) in [5.41, 5.74) is 1.72. The van der Waals surface area contributed by atoms with Gasteiger partial charge in [-0.15, -0.1) is 0 Å². The predicted molar refractivity (Wildman–Crippen MR) is 106 cm³/mol. The Hall–Kier alpha value is -2.34. The first-order valence-corrected chi connectivity index (χ1v) is 9.73. The summed E-state index contributed by atoms with van der Waals surface area (Å²) in [7, 11) is 1.58. The van der Waals surface area contributed by atoms with E-state index in [-0.39, 0.29) is 11.8 Å². The number of amides is 1. The van der Waals surface area contributed by atoms with Crippen LogP contribution in [0.2, 0.25) is 5.02 Å². The monoisotopic (exact) mass is 386 g/mol. The van der Waals surface area contributed by atoms with Crippen LogP contribution in [0.1, 0.15) is 37.3 Å². The van der Waals surface area contributed by atoms with Gasteiger partial charge in [-0.05, 0) is 43.9 Å². The lowest BCUT2D eigenvalue weighted by atomic mass is 9.97. The molecule has 2 aromatic rings. The van der Waals surface area contributed by atoms with Crippen LogP contribution in [0.25, 0.3) is 0 Å². The van der Waals surface area contributed by atoms with Crippen LogP contribution in [0, 0.1) is 5.92 Å². The summed E-state index contributed by atoms with van der Waals surface area (Å²) in [6.07, 6.45) is 5.87. The average Bonchev–Trinajstić information content (AvgIpc) is 3.54. The van der Waals surface area contributed by atoms with Crippen molar-refractivity contribution >= 4 is 29.0 Å². The zero-order chi connectivity index (χ0) is 18.8. The van der Waals surface area contributed by atoms with E-state index in [9.17, 15) is 4.79 Å². The number of carbonyl (C=O) groups is 1. The number of halogens is 1. The minimum Gasteiger partial charge on any atom is -0.495 e. The van der Waals surface area contributed by atoms with Crippen LogP contribution in [0.3, 0.4) is 0 Å². The summed E-state index contributed by atoms with van der Waals surface area (Å²) in [4.78, 5) is 23.9. The number of nitrogens with one attached hydrogen (secondary N) is 1. The van der Waals surface area contributed by atoms with Gasteiger partial charge in [0.1, 0.15) is 17.9 Å². The Morgan fingerprint density at radius 2 is 2.11 bits per heavy atom. The molecule has 1 aromatic carbocycles. The average molecular weight is 387 g/mol. The molecule has 1 amide bonds. The molecular formula is C20H23ClN4O2. The van der Waals surface area contributed by atoms with E-state index >= 15 is 0 Å². The molecule has 0 bridgehead atoms. The van der Waals surface area contributed by atoms with Gasteiger partial charge < -0.3 is 15.0 Å². The Kier molecular flexibility index (Phi) is 5.16. The maximum Gasteiger partial charge on any atom is 0.229 e. The van der Waals surface area contributed by atoms with Crippen LogP contribution in [-0.2, 0) is 4.79 Å². The lowest BCUT2D eigenvalue weighted by molar-refractivity contribution is -0.120. The fraction of sp³-hybridized carbons (Fsp3) is 0.450. The zero-order valence-corrected chi connectivity index (χ0v) is 16.1. The third-order valence-electron chi connectivity index (χ3n) is 5.20. The Labute approximate surface area is 163 Å². The van der Waals surface area contributed by atoms with Gasteiger partial charge in [-0.25, -0.2) is 9.97 Å². The predicted octanol–water partition coefficient (Wildman–Crippen LogP) is 3.87. The standard InChI is InChI=1S/C20H23ClN4O2/c1-27-18-7-6-15(21)9-17(18)24-20(26)14-3-2-8-25(11-14)19-10-16(13-4-5-13)22-12-23-19/h6-7,9-10,12-14H,2-5,8,11H2,1H3,(H,24,26). The molecule has 1 aromatic heterocycles. The van der Waals surface area contributed by atoms with Crippen molar-refractivity contribution in [2.75, 3.05) is 30.4 Å². The van der Waals surface area contributed by atoms with E-state index < -0.39 is 0 Å². The summed E-state index contributed by atoms with van der Waals surface area (Å²) in [5, 5.41) is 3.54. The largest absolute Gasteiger partial charge is 0.495 e. The van der Waals surface area contributed by atoms with Gasteiger partial charge in [0.15, 0.2) is 0 Å². The molecule has 1 unspecified atom stereocenters. The molecule has 2 fully saturated rings. The fourth-order valence-electron chi connectivity index (χ4n) is 3.55. The van der Waals surface area contributed by atoms with Crippen molar-refractivity contribution in [3.8, 4) is 5.75 Å². The van der Waals surface area contributed by atoms with Gasteiger partial charge in [-0.1, -0.05) is 11.6 Å². The summed E-state index contributed by atoms with van der Waals surface area (Å²) < 4.78 is 5.32. The third-order valence-corrected chi connectivity index (χ3v) is 5.44. The van der Waals surface area contributed by atoms with E-state index in [1.54, 1.807) is 31.6 Å². The normalized spacial score (nSPS) is 19.6. The van der Waals surface area contributed by atoms with E-state index in [1.807, 2.05) is 0 Å². The smallest absolute Gasteiger partial charge is 0.229 e. The maximum atomic E-state index is 12.8. The SMILES string of the molecule is COc1ccc(Cl)cc1NC(=O)C1CCCN(c2cc(C3CC3)ncn2)C1. The molecule has 27 heavy (non-hydrogen) atoms. The quantitative estimate of drug-likeness (QED) is 0.844. The van der Waals surface area contributed by atoms with Gasteiger partial charge in [-0.3, -0.25) is 4.79 Å². The number of carbonyl (C=O) groups excluding carboxylic acids is 1. The van der Waals surface area contributed by atoms with E-state index in [4.69, 9.17) is 16.3 Å². The van der Waals surface area contributed by atoms with Gasteiger partial charge in [-0.2, -0.15) is 0 Å². The minimum atomic E-state index is -0.109. The number of aromatic nitrogens is 2. The molecule has 1 aliphatic carbocycles. The second-order valence-electron chi connectivity index (χ2n) is 7.19. The molecule has 1 saturated carbocycles. The van der Waals surface area contributed by atoms with Crippen molar-refractivity contribution in [1.29, 1.82) is 0 Å². The first kappa shape index (κ1) is 18.0. The highest BCUT2D eigenvalue weighted by Gasteiger charge is 2.29. The van der Waals surface area contributed by atoms with Gasteiger partial charge in [0.05, 0.1) is 18.7 Å². The summed E-state index contributed by atoms with van der Waals surface area (Å²) >= 11 is 6.06. The van der Waals surface area contributed by atoms with Gasteiger partial charge in [0.25, 0.3) is 0 Å². The lowest BCUT2D eigenvalue weighted by Crippen LogP contribution is -2.41. The first-order chi connectivity index (χ1) is 13.1. The van der Waals surface area contributed by atoms with Gasteiger partial charge >= 0.3 is 0 Å². The first-order valence-electron chi connectivity index (χ1n) is 9.35. The molecular weight excluding hydrogens is 364 g/mol. The minimum absolute atomic E-state index is 0.0169. The van der Waals surface area contributed by atoms with Crippen molar-refractivity contribution < 1.29 is 9.53 Å². The zero-order valence-electron chi connectivity index (χ0n) is 15.3. The summed E-state index contributed by atoms with van der Waals surface area (Å²) in [6, 6.07) is 7.29. The van der Waals surface area contributed by atoms with Crippen LogP contribution in [0.15, 0.2) is 30.6 Å². The number of nitrogens with zero attached hydrogens (tertiary/aromatic N) is 3. The van der Waals surface area contributed by atoms with E-state index in [2.05, 4.69) is 26.3 Å². The lowest BCUT2D eigenvalue weighted by Gasteiger charge is -2.33. The molecule has 4 rings (SSSR count). The van der Waals surface area contributed by atoms with Gasteiger partial charge in [0, 0.05) is 35.8 Å². The highest BCUT2D eigenvalue weighted by molar-refractivity contribution is 6.31. The number of piperidine rings is 1. The molecule has 0 spiro atoms.